The number of aromatic amines is 1. The van der Waals surface area contributed by atoms with E-state index >= 15 is 0 Å². The molecule has 294 valence electrons. The van der Waals surface area contributed by atoms with Crippen molar-refractivity contribution in [2.24, 2.45) is 0 Å². The first-order chi connectivity index (χ1) is 26.8. The van der Waals surface area contributed by atoms with Crippen LogP contribution in [0.15, 0.2) is 82.9 Å². The number of esters is 2. The first-order valence-corrected chi connectivity index (χ1v) is 18.2. The van der Waals surface area contributed by atoms with Crippen LogP contribution in [0.2, 0.25) is 0 Å². The largest absolute Gasteiger partial charge is 0.472 e. The Hall–Kier alpha value is -5.71. The van der Waals surface area contributed by atoms with Gasteiger partial charge in [-0.3, -0.25) is 23.0 Å². The number of imidazole rings is 1. The monoisotopic (exact) mass is 796 g/mol. The number of fused-ring (bicyclic) bond motifs is 1. The number of anilines is 1. The molecule has 0 aliphatic carbocycles. The summed E-state index contributed by atoms with van der Waals surface area (Å²) in [7, 11) is -5.29. The Labute approximate surface area is 314 Å². The van der Waals surface area contributed by atoms with E-state index in [1.165, 1.54) is 42.1 Å². The van der Waals surface area contributed by atoms with Crippen LogP contribution in [0.1, 0.15) is 39.0 Å². The second kappa shape index (κ2) is 15.8. The molecule has 0 saturated carbocycles. The second-order valence-corrected chi connectivity index (χ2v) is 13.9. The molecule has 0 bridgehead atoms. The van der Waals surface area contributed by atoms with E-state index in [1.54, 1.807) is 36.4 Å². The Balaban J connectivity index is 1.14. The number of nitrogens with two attached hydrogens (primary N) is 1. The molecule has 0 amide bonds. The molecule has 22 nitrogen and oxygen atoms in total. The van der Waals surface area contributed by atoms with Gasteiger partial charge in [0.2, 0.25) is 5.95 Å². The van der Waals surface area contributed by atoms with Gasteiger partial charge in [-0.1, -0.05) is 36.4 Å². The Bertz CT molecular complexity index is 2400. The second-order valence-electron chi connectivity index (χ2n) is 12.5. The maximum absolute atomic E-state index is 13.6. The number of ether oxygens (including phenoxy) is 4. The number of aliphatic hydroxyl groups excluding tert-OH is 2. The van der Waals surface area contributed by atoms with Gasteiger partial charge < -0.3 is 44.8 Å². The van der Waals surface area contributed by atoms with E-state index in [-0.39, 0.29) is 34.1 Å². The number of phosphoric ester groups is 1. The quantitative estimate of drug-likeness (QED) is 0.0804. The van der Waals surface area contributed by atoms with Crippen molar-refractivity contribution in [3.8, 4) is 0 Å². The van der Waals surface area contributed by atoms with Gasteiger partial charge in [-0.05, 0) is 31.2 Å². The van der Waals surface area contributed by atoms with Crippen molar-refractivity contribution >= 4 is 36.9 Å². The molecule has 2 saturated heterocycles. The summed E-state index contributed by atoms with van der Waals surface area (Å²) in [5.41, 5.74) is 4.10. The number of phosphoric acid groups is 1. The number of benzene rings is 2. The summed E-state index contributed by atoms with van der Waals surface area (Å²) in [5.74, 6) is -1.95. The van der Waals surface area contributed by atoms with Crippen molar-refractivity contribution in [2.45, 2.75) is 56.0 Å². The highest BCUT2D eigenvalue weighted by Crippen LogP contribution is 2.50. The minimum atomic E-state index is -5.29. The van der Waals surface area contributed by atoms with Crippen LogP contribution in [-0.2, 0) is 32.6 Å². The number of aromatic nitrogens is 7. The molecule has 23 heteroatoms. The van der Waals surface area contributed by atoms with Gasteiger partial charge in [0.15, 0.2) is 35.8 Å². The van der Waals surface area contributed by atoms with Crippen LogP contribution in [0.3, 0.4) is 0 Å². The summed E-state index contributed by atoms with van der Waals surface area (Å²) in [5, 5.41) is 21.6. The van der Waals surface area contributed by atoms with Gasteiger partial charge in [-0.15, -0.1) is 0 Å². The van der Waals surface area contributed by atoms with Crippen LogP contribution in [0.4, 0.5) is 5.95 Å². The van der Waals surface area contributed by atoms with Crippen LogP contribution in [0.25, 0.3) is 11.2 Å². The molecule has 9 atom stereocenters. The first-order valence-electron chi connectivity index (χ1n) is 16.8. The molecule has 2 fully saturated rings. The van der Waals surface area contributed by atoms with Gasteiger partial charge in [0.25, 0.3) is 5.56 Å². The Kier molecular flexibility index (Phi) is 10.9. The topological polar surface area (TPSA) is 305 Å². The lowest BCUT2D eigenvalue weighted by molar-refractivity contribution is -0.0617. The number of aliphatic hydroxyl groups is 2. The van der Waals surface area contributed by atoms with Gasteiger partial charge in [0.1, 0.15) is 36.6 Å². The fourth-order valence-electron chi connectivity index (χ4n) is 6.17. The number of H-pyrrole nitrogens is 1. The molecule has 3 aromatic heterocycles. The molecule has 2 aromatic carbocycles. The summed E-state index contributed by atoms with van der Waals surface area (Å²) in [6, 6.07) is 15.5. The highest BCUT2D eigenvalue weighted by atomic mass is 31.2. The van der Waals surface area contributed by atoms with E-state index in [0.29, 0.717) is 0 Å². The Morgan fingerprint density at radius 3 is 2.09 bits per heavy atom. The molecule has 2 aliphatic heterocycles. The summed E-state index contributed by atoms with van der Waals surface area (Å²) in [6.07, 6.45) is -10.5. The van der Waals surface area contributed by atoms with Crippen LogP contribution in [0, 0.1) is 6.92 Å². The van der Waals surface area contributed by atoms with E-state index < -0.39 is 93.3 Å². The SMILES string of the molecule is Cc1nc2c(ncn2[C@@H]2O[C@H](COP(=O)(O)OC3[C@@H](CO)O[C@@H](n4cnc(N)nc4=O)[C@H]3OC(=O)c3ccccc3)C(O)[C@@H]2OC(=O)c2ccccc2)c(=O)[nH]1. The Morgan fingerprint density at radius 1 is 0.875 bits per heavy atom. The molecule has 5 heterocycles. The summed E-state index contributed by atoms with van der Waals surface area (Å²) >= 11 is 0. The average molecular weight is 797 g/mol. The van der Waals surface area contributed by atoms with Gasteiger partial charge in [-0.25, -0.2) is 33.9 Å². The molecular weight excluding hydrogens is 763 g/mol. The minimum Gasteiger partial charge on any atom is -0.451 e. The molecule has 0 radical (unpaired) electrons. The van der Waals surface area contributed by atoms with Gasteiger partial charge in [0, 0.05) is 0 Å². The Morgan fingerprint density at radius 2 is 1.46 bits per heavy atom. The highest BCUT2D eigenvalue weighted by Gasteiger charge is 2.53. The number of nitrogens with zero attached hydrogens (tertiary/aromatic N) is 6. The number of nitrogen functional groups attached to an aromatic ring is 1. The first kappa shape index (κ1) is 38.6. The van der Waals surface area contributed by atoms with E-state index in [1.807, 2.05) is 0 Å². The zero-order chi connectivity index (χ0) is 39.7. The number of aryl methyl sites for hydroxylation is 1. The van der Waals surface area contributed by atoms with Crippen LogP contribution in [0.5, 0.6) is 0 Å². The molecular formula is C33H33N8O14P. The minimum absolute atomic E-state index is 0.0227. The lowest BCUT2D eigenvalue weighted by atomic mass is 10.1. The van der Waals surface area contributed by atoms with E-state index in [0.717, 1.165) is 10.9 Å². The van der Waals surface area contributed by atoms with E-state index in [4.69, 9.17) is 33.7 Å². The van der Waals surface area contributed by atoms with Crippen molar-refractivity contribution in [3.05, 3.63) is 111 Å². The highest BCUT2D eigenvalue weighted by molar-refractivity contribution is 7.47. The number of hydrogen-bond acceptors (Lipinski definition) is 18. The number of carbonyl (C=O) groups is 2. The molecule has 2 aliphatic rings. The zero-order valence-electron chi connectivity index (χ0n) is 29.0. The predicted molar refractivity (Wildman–Crippen MR) is 186 cm³/mol. The number of rotatable bonds is 12. The zero-order valence-corrected chi connectivity index (χ0v) is 29.9. The number of nitrogens with one attached hydrogen (secondary N) is 1. The number of hydrogen-bond donors (Lipinski definition) is 5. The predicted octanol–water partition coefficient (Wildman–Crippen LogP) is -0.236. The average Bonchev–Trinajstić information content (AvgIpc) is 3.84. The molecule has 56 heavy (non-hydrogen) atoms. The fourth-order valence-corrected chi connectivity index (χ4v) is 7.13. The van der Waals surface area contributed by atoms with Crippen LogP contribution in [-0.4, -0.2) is 111 Å². The van der Waals surface area contributed by atoms with E-state index in [9.17, 15) is 38.8 Å². The summed E-state index contributed by atoms with van der Waals surface area (Å²) < 4.78 is 49.5. The van der Waals surface area contributed by atoms with Crippen molar-refractivity contribution in [1.82, 2.24) is 34.1 Å². The van der Waals surface area contributed by atoms with Crippen molar-refractivity contribution in [1.29, 1.82) is 0 Å². The number of carbonyl (C=O) groups excluding carboxylic acids is 2. The smallest absolute Gasteiger partial charge is 0.451 e. The summed E-state index contributed by atoms with van der Waals surface area (Å²) in [4.78, 5) is 80.9. The molecule has 7 rings (SSSR count). The van der Waals surface area contributed by atoms with Gasteiger partial charge in [-0.2, -0.15) is 4.98 Å². The van der Waals surface area contributed by atoms with Crippen molar-refractivity contribution in [3.63, 3.8) is 0 Å². The normalized spacial score (nSPS) is 25.9. The third kappa shape index (κ3) is 7.85. The standard InChI is InChI=1S/C33H33N8O14P/c1-16-37-26-21(27(44)38-16)35-14-40(26)28-24(53-30(45)17-8-4-2-5-9-17)22(43)20(52-28)13-50-56(48,49)55-23-19(12-42)51-29(41-15-36-32(34)39-33(41)47)25(23)54-31(46)18-10-6-3-7-11-18/h2-11,14-15,19-20,22-25,28-29,42-43H,12-13H2,1H3,(H,48,49)(H2,34,39,47)(H,37,38,44)/t19-,20-,22?,23?,24+,25+,28-,29-/m1/s1. The van der Waals surface area contributed by atoms with Crippen molar-refractivity contribution in [2.75, 3.05) is 18.9 Å². The van der Waals surface area contributed by atoms with Gasteiger partial charge >= 0.3 is 25.5 Å². The third-order valence-electron chi connectivity index (χ3n) is 8.78. The lowest BCUT2D eigenvalue weighted by Gasteiger charge is -2.26. The molecule has 3 unspecified atom stereocenters. The van der Waals surface area contributed by atoms with Crippen LogP contribution >= 0.6 is 7.82 Å². The molecule has 5 aromatic rings. The van der Waals surface area contributed by atoms with Gasteiger partial charge in [0.05, 0.1) is 30.7 Å². The summed E-state index contributed by atoms with van der Waals surface area (Å²) in [6.45, 7) is -0.204. The van der Waals surface area contributed by atoms with E-state index in [2.05, 4.69) is 24.9 Å². The van der Waals surface area contributed by atoms with Crippen molar-refractivity contribution < 1.29 is 57.3 Å². The lowest BCUT2D eigenvalue weighted by Crippen LogP contribution is -2.41. The maximum atomic E-state index is 13.6. The molecule has 6 N–H and O–H groups in total. The fraction of sp³-hybridized carbons (Fsp3) is 0.333. The third-order valence-corrected chi connectivity index (χ3v) is 9.77. The van der Waals surface area contributed by atoms with Crippen LogP contribution < -0.4 is 17.0 Å². The molecule has 0 spiro atoms. The maximum Gasteiger partial charge on any atom is 0.472 e.